The van der Waals surface area contributed by atoms with Crippen molar-refractivity contribution >= 4 is 0 Å². The molecule has 12 rings (SSSR count). The Morgan fingerprint density at radius 3 is 0.524 bits per heavy atom. The highest BCUT2D eigenvalue weighted by molar-refractivity contribution is 5.60. The molecule has 0 spiro atoms. The van der Waals surface area contributed by atoms with Crippen LogP contribution < -0.4 is 0 Å². The van der Waals surface area contributed by atoms with Gasteiger partial charge in [-0.2, -0.15) is 0 Å². The second kappa shape index (κ2) is 32.4. The van der Waals surface area contributed by atoms with Crippen LogP contribution in [-0.4, -0.2) is 56.2 Å². The number of para-hydroxylation sites is 1. The third-order valence-corrected chi connectivity index (χ3v) is 20.2. The molecule has 0 fully saturated rings. The molecule has 0 heterocycles. The van der Waals surface area contributed by atoms with Gasteiger partial charge in [0.2, 0.25) is 0 Å². The Morgan fingerprint density at radius 1 is 0.162 bits per heavy atom. The monoisotopic (exact) mass is 1400 g/mol. The van der Waals surface area contributed by atoms with Crippen LogP contribution in [-0.2, 0) is 0 Å². The maximum Gasteiger partial charge on any atom is 0.121 e. The van der Waals surface area contributed by atoms with Gasteiger partial charge in [-0.05, 0) is 304 Å². The molecule has 0 saturated heterocycles. The second-order valence-corrected chi connectivity index (χ2v) is 28.8. The van der Waals surface area contributed by atoms with Gasteiger partial charge in [0.25, 0.3) is 0 Å². The Labute approximate surface area is 619 Å². The molecule has 0 aromatic heterocycles. The van der Waals surface area contributed by atoms with E-state index in [1.165, 1.54) is 5.56 Å². The fourth-order valence-corrected chi connectivity index (χ4v) is 14.7. The quantitative estimate of drug-likeness (QED) is 0.0517. The summed E-state index contributed by atoms with van der Waals surface area (Å²) in [5.41, 5.74) is 27.6. The molecule has 12 aromatic rings. The van der Waals surface area contributed by atoms with Crippen molar-refractivity contribution in [2.45, 2.75) is 148 Å². The fourth-order valence-electron chi connectivity index (χ4n) is 14.7. The average Bonchev–Trinajstić information content (AvgIpc) is 0.542. The van der Waals surface area contributed by atoms with Crippen molar-refractivity contribution in [3.05, 3.63) is 355 Å². The van der Waals surface area contributed by atoms with E-state index in [1.807, 2.05) is 252 Å². The zero-order chi connectivity index (χ0) is 76.9. The first-order chi connectivity index (χ1) is 49.5. The van der Waals surface area contributed by atoms with Gasteiger partial charge >= 0.3 is 0 Å². The van der Waals surface area contributed by atoms with Crippen LogP contribution in [0.15, 0.2) is 188 Å². The Balaban J connectivity index is 0.000000162. The molecule has 0 aliphatic carbocycles. The number of phenolic OH excluding ortho intramolecular Hbond substituents is 11. The van der Waals surface area contributed by atoms with Crippen LogP contribution in [0, 0.1) is 125 Å². The summed E-state index contributed by atoms with van der Waals surface area (Å²) in [6.45, 7) is 34.3. The number of phenols is 11. The van der Waals surface area contributed by atoms with Gasteiger partial charge in [0, 0.05) is 29.2 Å². The average molecular weight is 1410 g/mol. The van der Waals surface area contributed by atoms with E-state index in [1.54, 1.807) is 24.3 Å². The molecule has 0 radical (unpaired) electrons. The number of aromatic hydroxyl groups is 11. The Bertz CT molecular complexity index is 4680. The van der Waals surface area contributed by atoms with Crippen molar-refractivity contribution in [1.82, 2.24) is 0 Å². The van der Waals surface area contributed by atoms with E-state index in [9.17, 15) is 56.2 Å². The van der Waals surface area contributed by atoms with Crippen LogP contribution in [0.3, 0.4) is 0 Å². The second-order valence-electron chi connectivity index (χ2n) is 28.8. The maximum atomic E-state index is 10.5. The largest absolute Gasteiger partial charge is 0.508 e. The van der Waals surface area contributed by atoms with Gasteiger partial charge < -0.3 is 56.2 Å². The minimum absolute atomic E-state index is 0.0530. The summed E-state index contributed by atoms with van der Waals surface area (Å²) < 4.78 is 0. The predicted molar refractivity (Wildman–Crippen MR) is 425 cm³/mol. The Hall–Kier alpha value is -11.6. The summed E-state index contributed by atoms with van der Waals surface area (Å²) in [7, 11) is 0. The lowest BCUT2D eigenvalue weighted by Crippen LogP contribution is -2.06. The molecule has 542 valence electrons. The molecule has 0 bridgehead atoms. The van der Waals surface area contributed by atoms with Gasteiger partial charge in [-0.15, -0.1) is 0 Å². The Kier molecular flexibility index (Phi) is 23.9. The molecule has 0 unspecified atom stereocenters. The smallest absolute Gasteiger partial charge is 0.121 e. The van der Waals surface area contributed by atoms with Crippen LogP contribution in [0.2, 0.25) is 0 Å². The number of benzene rings is 12. The van der Waals surface area contributed by atoms with E-state index in [2.05, 4.69) is 36.4 Å². The topological polar surface area (TPSA) is 223 Å². The van der Waals surface area contributed by atoms with Gasteiger partial charge in [-0.1, -0.05) is 170 Å². The lowest BCUT2D eigenvalue weighted by molar-refractivity contribution is 0.463. The lowest BCUT2D eigenvalue weighted by atomic mass is 9.81. The highest BCUT2D eigenvalue weighted by Gasteiger charge is 2.27. The van der Waals surface area contributed by atoms with Crippen LogP contribution in [0.1, 0.15) is 191 Å². The van der Waals surface area contributed by atoms with E-state index in [0.717, 1.165) is 161 Å². The standard InChI is InChI=1S/C25H28O3.2C23H24O3.C23H24O2/c1-13-7-19(8-14(2)23(13)26)22(20-9-15(3)24(27)16(4)10-20)21-11-17(5)25(28)18(6)12-21;1-13-9-18(10-14(2)22(13)25)21(17-5-7-20(24)8-6-17)19-11-15(3)23(26)16(4)12-19;1-13-9-17(10-14(2)22(13)25)21(19-7-5-6-8-20(19)24)18-11-15(3)23(26)16(4)12-18;1-14-10-19(11-15(2)22(14)24)21(18-8-6-5-7-9-18)20-12-16(3)23(25)17(4)13-20/h7-12,22,26-28H,1-6H3;2*5-12,21,24-26H,1-4H3;5-13,21,24-25H,1-4H3. The SMILES string of the molecule is Cc1cc(C(c2cc(C)c(O)c(C)c2)c2cc(C)c(O)c(C)c2)cc(C)c1O.Cc1cc(C(c2cc(C)c(O)c(C)c2)c2ccccc2O)cc(C)c1O.Cc1cc(C(c2ccc(O)cc2)c2cc(C)c(O)c(C)c2)cc(C)c1O.Cc1cc(C(c2ccccc2)c2cc(C)c(O)c(C)c2)cc(C)c1O. The number of hydrogen-bond acceptors (Lipinski definition) is 11. The third kappa shape index (κ3) is 17.2. The van der Waals surface area contributed by atoms with Gasteiger partial charge in [0.1, 0.15) is 63.2 Å². The molecule has 105 heavy (non-hydrogen) atoms. The van der Waals surface area contributed by atoms with E-state index in [4.69, 9.17) is 0 Å². The van der Waals surface area contributed by atoms with Crippen molar-refractivity contribution < 1.29 is 56.2 Å². The molecule has 0 atom stereocenters. The summed E-state index contributed by atoms with van der Waals surface area (Å²) in [5.74, 6) is 3.05. The summed E-state index contributed by atoms with van der Waals surface area (Å²) in [6, 6.07) is 61.0. The first-order valence-electron chi connectivity index (χ1n) is 35.4. The molecule has 12 aromatic carbocycles. The van der Waals surface area contributed by atoms with Crippen LogP contribution >= 0.6 is 0 Å². The van der Waals surface area contributed by atoms with Crippen molar-refractivity contribution in [3.8, 4) is 63.2 Å². The highest BCUT2D eigenvalue weighted by atomic mass is 16.3. The Morgan fingerprint density at radius 2 is 0.324 bits per heavy atom. The van der Waals surface area contributed by atoms with Crippen molar-refractivity contribution in [3.63, 3.8) is 0 Å². The molecule has 11 nitrogen and oxygen atoms in total. The molecule has 0 amide bonds. The predicted octanol–water partition coefficient (Wildman–Crippen LogP) is 21.8. The molecule has 11 N–H and O–H groups in total. The zero-order valence-electron chi connectivity index (χ0n) is 63.6. The summed E-state index contributed by atoms with van der Waals surface area (Å²) >= 11 is 0. The van der Waals surface area contributed by atoms with E-state index >= 15 is 0 Å². The molecule has 11 heteroatoms. The van der Waals surface area contributed by atoms with Gasteiger partial charge in [-0.25, -0.2) is 0 Å². The normalized spacial score (nSPS) is 11.1. The molecule has 0 aliphatic rings. The highest BCUT2D eigenvalue weighted by Crippen LogP contribution is 2.45. The summed E-state index contributed by atoms with van der Waals surface area (Å²) in [6.07, 6.45) is 0. The third-order valence-electron chi connectivity index (χ3n) is 20.2. The van der Waals surface area contributed by atoms with E-state index in [0.29, 0.717) is 51.7 Å². The first-order valence-corrected chi connectivity index (χ1v) is 35.4. The summed E-state index contributed by atoms with van der Waals surface area (Å²) in [4.78, 5) is 0. The van der Waals surface area contributed by atoms with Crippen LogP contribution in [0.4, 0.5) is 0 Å². The number of aryl methyl sites for hydroxylation is 18. The maximum absolute atomic E-state index is 10.5. The van der Waals surface area contributed by atoms with E-state index in [-0.39, 0.29) is 35.2 Å². The van der Waals surface area contributed by atoms with Crippen molar-refractivity contribution in [2.24, 2.45) is 0 Å². The molecular weight excluding hydrogens is 1310 g/mol. The lowest BCUT2D eigenvalue weighted by Gasteiger charge is -2.23. The molecule has 0 saturated carbocycles. The molecular formula is C94H100O11. The van der Waals surface area contributed by atoms with Gasteiger partial charge in [-0.3, -0.25) is 0 Å². The number of rotatable bonds is 12. The fraction of sp³-hybridized carbons (Fsp3) is 0.234. The van der Waals surface area contributed by atoms with Crippen LogP contribution in [0.25, 0.3) is 0 Å². The van der Waals surface area contributed by atoms with Gasteiger partial charge in [0.05, 0.1) is 0 Å². The van der Waals surface area contributed by atoms with Gasteiger partial charge in [0.15, 0.2) is 0 Å². The first kappa shape index (κ1) is 77.6. The number of hydrogen-bond donors (Lipinski definition) is 11. The minimum Gasteiger partial charge on any atom is -0.508 e. The van der Waals surface area contributed by atoms with Crippen LogP contribution in [0.5, 0.6) is 63.2 Å². The minimum atomic E-state index is -0.202. The molecule has 0 aliphatic heterocycles. The van der Waals surface area contributed by atoms with Crippen molar-refractivity contribution in [1.29, 1.82) is 0 Å². The van der Waals surface area contributed by atoms with Crippen molar-refractivity contribution in [2.75, 3.05) is 0 Å². The van der Waals surface area contributed by atoms with E-state index < -0.39 is 0 Å². The summed E-state index contributed by atoms with van der Waals surface area (Å²) in [5, 5.41) is 112. The zero-order valence-corrected chi connectivity index (χ0v) is 63.6.